The van der Waals surface area contributed by atoms with Crippen LogP contribution in [0.3, 0.4) is 0 Å². The molecule has 3 rings (SSSR count). The normalized spacial score (nSPS) is 10.5. The Labute approximate surface area is 167 Å². The maximum absolute atomic E-state index is 12.0. The average molecular weight is 396 g/mol. The highest BCUT2D eigenvalue weighted by Crippen LogP contribution is 2.18. The lowest BCUT2D eigenvalue weighted by Crippen LogP contribution is -2.21. The van der Waals surface area contributed by atoms with Crippen molar-refractivity contribution in [2.45, 2.75) is 12.8 Å². The van der Waals surface area contributed by atoms with E-state index in [0.29, 0.717) is 16.3 Å². The fraction of sp³-hybridized carbons (Fsp3) is 0.136. The third-order valence-corrected chi connectivity index (χ3v) is 4.37. The number of hydrogen-bond donors (Lipinski definition) is 1. The first-order chi connectivity index (χ1) is 13.5. The van der Waals surface area contributed by atoms with E-state index in [1.54, 1.807) is 30.3 Å². The van der Waals surface area contributed by atoms with E-state index in [-0.39, 0.29) is 18.6 Å². The summed E-state index contributed by atoms with van der Waals surface area (Å²) in [5.41, 5.74) is 1.10. The highest BCUT2D eigenvalue weighted by atomic mass is 35.5. The third kappa shape index (κ3) is 5.41. The van der Waals surface area contributed by atoms with E-state index in [1.165, 1.54) is 0 Å². The summed E-state index contributed by atoms with van der Waals surface area (Å²) in [6.45, 7) is -0.402. The number of carbonyl (C=O) groups excluding carboxylic acids is 3. The molecule has 6 heteroatoms. The van der Waals surface area contributed by atoms with E-state index < -0.39 is 18.5 Å². The summed E-state index contributed by atoms with van der Waals surface area (Å²) in [6.07, 6.45) is -0.0858. The van der Waals surface area contributed by atoms with Gasteiger partial charge in [0.05, 0.1) is 6.42 Å². The van der Waals surface area contributed by atoms with Crippen molar-refractivity contribution in [2.75, 3.05) is 11.9 Å². The molecular weight excluding hydrogens is 378 g/mol. The summed E-state index contributed by atoms with van der Waals surface area (Å²) >= 11 is 5.78. The smallest absolute Gasteiger partial charge is 0.306 e. The number of rotatable bonds is 7. The van der Waals surface area contributed by atoms with Crippen LogP contribution in [0.2, 0.25) is 5.02 Å². The largest absolute Gasteiger partial charge is 0.456 e. The number of halogens is 1. The molecule has 0 aliphatic carbocycles. The number of esters is 1. The molecule has 3 aromatic rings. The second-order valence-electron chi connectivity index (χ2n) is 6.20. The zero-order chi connectivity index (χ0) is 19.9. The van der Waals surface area contributed by atoms with Gasteiger partial charge in [-0.1, -0.05) is 41.9 Å². The standard InChI is InChI=1S/C22H18ClNO4/c23-18-8-5-16(6-9-18)20(25)11-12-22(27)28-14-21(26)24-19-10-7-15-3-1-2-4-17(15)13-19/h1-10,13H,11-12,14H2,(H,24,26). The van der Waals surface area contributed by atoms with E-state index in [2.05, 4.69) is 5.32 Å². The molecule has 0 aromatic heterocycles. The summed E-state index contributed by atoms with van der Waals surface area (Å²) in [5.74, 6) is -1.22. The van der Waals surface area contributed by atoms with Crippen LogP contribution in [0.4, 0.5) is 5.69 Å². The van der Waals surface area contributed by atoms with Crippen LogP contribution in [0, 0.1) is 0 Å². The third-order valence-electron chi connectivity index (χ3n) is 4.12. The number of hydrogen-bond acceptors (Lipinski definition) is 4. The van der Waals surface area contributed by atoms with Crippen molar-refractivity contribution in [3.8, 4) is 0 Å². The average Bonchev–Trinajstić information content (AvgIpc) is 2.71. The van der Waals surface area contributed by atoms with Gasteiger partial charge in [0.15, 0.2) is 12.4 Å². The predicted molar refractivity (Wildman–Crippen MR) is 109 cm³/mol. The molecule has 0 atom stereocenters. The minimum atomic E-state index is -0.601. The number of amides is 1. The van der Waals surface area contributed by atoms with Crippen LogP contribution >= 0.6 is 11.6 Å². The molecule has 0 aliphatic rings. The van der Waals surface area contributed by atoms with Crippen molar-refractivity contribution in [3.05, 3.63) is 77.3 Å². The Balaban J connectivity index is 1.43. The Bertz CT molecular complexity index is 1010. The maximum Gasteiger partial charge on any atom is 0.306 e. The topological polar surface area (TPSA) is 72.5 Å². The van der Waals surface area contributed by atoms with Crippen molar-refractivity contribution in [1.82, 2.24) is 0 Å². The van der Waals surface area contributed by atoms with Gasteiger partial charge < -0.3 is 10.1 Å². The SMILES string of the molecule is O=C(COC(=O)CCC(=O)c1ccc(Cl)cc1)Nc1ccc2ccccc2c1. The first kappa shape index (κ1) is 19.6. The maximum atomic E-state index is 12.0. The van der Waals surface area contributed by atoms with E-state index in [9.17, 15) is 14.4 Å². The second-order valence-corrected chi connectivity index (χ2v) is 6.64. The highest BCUT2D eigenvalue weighted by Gasteiger charge is 2.12. The second kappa shape index (κ2) is 9.15. The van der Waals surface area contributed by atoms with Crippen molar-refractivity contribution in [3.63, 3.8) is 0 Å². The Hall–Kier alpha value is -3.18. The number of carbonyl (C=O) groups is 3. The summed E-state index contributed by atoms with van der Waals surface area (Å²) in [6, 6.07) is 19.8. The molecule has 3 aromatic carbocycles. The van der Waals surface area contributed by atoms with Crippen LogP contribution in [0.1, 0.15) is 23.2 Å². The van der Waals surface area contributed by atoms with Crippen molar-refractivity contribution >= 4 is 45.7 Å². The van der Waals surface area contributed by atoms with Crippen LogP contribution in [0.25, 0.3) is 10.8 Å². The van der Waals surface area contributed by atoms with Gasteiger partial charge in [-0.3, -0.25) is 14.4 Å². The Morgan fingerprint density at radius 2 is 1.57 bits per heavy atom. The van der Waals surface area contributed by atoms with E-state index in [0.717, 1.165) is 10.8 Å². The summed E-state index contributed by atoms with van der Waals surface area (Å²) in [4.78, 5) is 35.8. The molecule has 0 unspecified atom stereocenters. The van der Waals surface area contributed by atoms with Crippen LogP contribution < -0.4 is 5.32 Å². The quantitative estimate of drug-likeness (QED) is 0.467. The number of ether oxygens (including phenoxy) is 1. The molecular formula is C22H18ClNO4. The number of benzene rings is 3. The van der Waals surface area contributed by atoms with Crippen LogP contribution in [-0.4, -0.2) is 24.3 Å². The zero-order valence-corrected chi connectivity index (χ0v) is 15.7. The summed E-state index contributed by atoms with van der Waals surface area (Å²) in [7, 11) is 0. The first-order valence-electron chi connectivity index (χ1n) is 8.74. The molecule has 0 radical (unpaired) electrons. The van der Waals surface area contributed by atoms with Gasteiger partial charge in [0.25, 0.3) is 5.91 Å². The number of ketones is 1. The molecule has 0 aliphatic heterocycles. The highest BCUT2D eigenvalue weighted by molar-refractivity contribution is 6.30. The lowest BCUT2D eigenvalue weighted by molar-refractivity contribution is -0.147. The Morgan fingerprint density at radius 3 is 2.32 bits per heavy atom. The minimum Gasteiger partial charge on any atom is -0.456 e. The molecule has 1 N–H and O–H groups in total. The molecule has 28 heavy (non-hydrogen) atoms. The van der Waals surface area contributed by atoms with Crippen molar-refractivity contribution in [1.29, 1.82) is 0 Å². The predicted octanol–water partition coefficient (Wildman–Crippen LogP) is 4.64. The number of fused-ring (bicyclic) bond motifs is 1. The van der Waals surface area contributed by atoms with Gasteiger partial charge in [-0.25, -0.2) is 0 Å². The van der Waals surface area contributed by atoms with Crippen molar-refractivity contribution < 1.29 is 19.1 Å². The van der Waals surface area contributed by atoms with Gasteiger partial charge in [0, 0.05) is 22.7 Å². The van der Waals surface area contributed by atoms with Gasteiger partial charge in [0.2, 0.25) is 0 Å². The van der Waals surface area contributed by atoms with E-state index >= 15 is 0 Å². The number of anilines is 1. The van der Waals surface area contributed by atoms with E-state index in [4.69, 9.17) is 16.3 Å². The summed E-state index contributed by atoms with van der Waals surface area (Å²) < 4.78 is 4.94. The van der Waals surface area contributed by atoms with Crippen molar-refractivity contribution in [2.24, 2.45) is 0 Å². The molecule has 1 amide bonds. The molecule has 0 heterocycles. The molecule has 0 spiro atoms. The molecule has 142 valence electrons. The lowest BCUT2D eigenvalue weighted by Gasteiger charge is -2.08. The van der Waals surface area contributed by atoms with Gasteiger partial charge in [-0.15, -0.1) is 0 Å². The van der Waals surface area contributed by atoms with Gasteiger partial charge in [-0.2, -0.15) is 0 Å². The lowest BCUT2D eigenvalue weighted by atomic mass is 10.1. The van der Waals surface area contributed by atoms with Gasteiger partial charge in [0.1, 0.15) is 0 Å². The van der Waals surface area contributed by atoms with Crippen LogP contribution in [-0.2, 0) is 14.3 Å². The molecule has 0 bridgehead atoms. The Kier molecular flexibility index (Phi) is 6.40. The van der Waals surface area contributed by atoms with Crippen LogP contribution in [0.15, 0.2) is 66.7 Å². The fourth-order valence-electron chi connectivity index (χ4n) is 2.68. The van der Waals surface area contributed by atoms with Gasteiger partial charge >= 0.3 is 5.97 Å². The van der Waals surface area contributed by atoms with Crippen LogP contribution in [0.5, 0.6) is 0 Å². The number of Topliss-reactive ketones (excluding diaryl/α,β-unsaturated/α-hetero) is 1. The number of nitrogens with one attached hydrogen (secondary N) is 1. The minimum absolute atomic E-state index is 0.00671. The molecule has 0 fully saturated rings. The first-order valence-corrected chi connectivity index (χ1v) is 9.12. The molecule has 0 saturated heterocycles. The monoisotopic (exact) mass is 395 g/mol. The summed E-state index contributed by atoms with van der Waals surface area (Å²) in [5, 5.41) is 5.29. The Morgan fingerprint density at radius 1 is 0.857 bits per heavy atom. The fourth-order valence-corrected chi connectivity index (χ4v) is 2.80. The zero-order valence-electron chi connectivity index (χ0n) is 15.0. The molecule has 5 nitrogen and oxygen atoms in total. The van der Waals surface area contributed by atoms with Gasteiger partial charge in [-0.05, 0) is 47.2 Å². The molecule has 0 saturated carbocycles. The van der Waals surface area contributed by atoms with E-state index in [1.807, 2.05) is 36.4 Å².